The van der Waals surface area contributed by atoms with Gasteiger partial charge in [-0.1, -0.05) is 12.1 Å². The van der Waals surface area contributed by atoms with Gasteiger partial charge in [0.05, 0.1) is 6.04 Å². The van der Waals surface area contributed by atoms with Gasteiger partial charge in [-0.25, -0.2) is 9.18 Å². The number of carbonyl (C=O) groups excluding carboxylic acids is 1. The lowest BCUT2D eigenvalue weighted by molar-refractivity contribution is -0.136. The molecule has 0 spiro atoms. The smallest absolute Gasteiger partial charge is 0.325 e. The van der Waals surface area contributed by atoms with E-state index in [2.05, 4.69) is 9.88 Å². The molecule has 0 bridgehead atoms. The fraction of sp³-hybridized carbons (Fsp3) is 0.500. The van der Waals surface area contributed by atoms with Crippen LogP contribution < -0.4 is 5.69 Å². The van der Waals surface area contributed by atoms with Crippen LogP contribution in [-0.4, -0.2) is 65.2 Å². The lowest BCUT2D eigenvalue weighted by Crippen LogP contribution is -2.38. The number of rotatable bonds is 6. The van der Waals surface area contributed by atoms with E-state index in [1.165, 1.54) is 19.2 Å². The number of hydrogen-bond donors (Lipinski definition) is 1. The molecule has 1 amide bonds. The Morgan fingerprint density at radius 2 is 2.14 bits per heavy atom. The molecule has 1 N–H and O–H groups in total. The van der Waals surface area contributed by atoms with Crippen LogP contribution in [-0.2, 0) is 16.1 Å². The summed E-state index contributed by atoms with van der Waals surface area (Å²) in [5.74, 6) is 0.223. The molecule has 150 valence electrons. The fourth-order valence-electron chi connectivity index (χ4n) is 4.67. The second-order valence-corrected chi connectivity index (χ2v) is 7.62. The molecule has 28 heavy (non-hydrogen) atoms. The number of likely N-dealkylation sites (tertiary alicyclic amines) is 2. The third-order valence-corrected chi connectivity index (χ3v) is 5.90. The van der Waals surface area contributed by atoms with Crippen molar-refractivity contribution in [2.75, 3.05) is 39.9 Å². The van der Waals surface area contributed by atoms with Crippen molar-refractivity contribution in [3.63, 3.8) is 0 Å². The fourth-order valence-corrected chi connectivity index (χ4v) is 4.67. The van der Waals surface area contributed by atoms with Gasteiger partial charge in [0.25, 0.3) is 0 Å². The van der Waals surface area contributed by atoms with E-state index in [1.54, 1.807) is 23.0 Å². The van der Waals surface area contributed by atoms with Gasteiger partial charge >= 0.3 is 5.69 Å². The van der Waals surface area contributed by atoms with Crippen LogP contribution >= 0.6 is 0 Å². The summed E-state index contributed by atoms with van der Waals surface area (Å²) in [7, 11) is 1.51. The number of ether oxygens (including phenoxy) is 1. The Bertz CT molecular complexity index is 895. The Morgan fingerprint density at radius 3 is 2.86 bits per heavy atom. The number of amides is 1. The summed E-state index contributed by atoms with van der Waals surface area (Å²) >= 11 is 0. The third-order valence-electron chi connectivity index (χ3n) is 5.90. The number of aromatic amines is 1. The van der Waals surface area contributed by atoms with Gasteiger partial charge in [0, 0.05) is 58.1 Å². The minimum Gasteiger partial charge on any atom is -0.375 e. The van der Waals surface area contributed by atoms with Crippen LogP contribution in [0.2, 0.25) is 0 Å². The number of nitrogens with one attached hydrogen (secondary N) is 1. The zero-order valence-corrected chi connectivity index (χ0v) is 15.9. The molecular formula is C20H25FN4O3. The number of halogens is 1. The van der Waals surface area contributed by atoms with E-state index in [1.807, 2.05) is 11.0 Å². The molecule has 4 rings (SSSR count). The van der Waals surface area contributed by atoms with Crippen LogP contribution in [0.25, 0.3) is 0 Å². The van der Waals surface area contributed by atoms with Crippen molar-refractivity contribution in [1.82, 2.24) is 19.4 Å². The molecule has 2 aliphatic rings. The van der Waals surface area contributed by atoms with Crippen molar-refractivity contribution < 1.29 is 13.9 Å². The maximum atomic E-state index is 13.9. The maximum absolute atomic E-state index is 13.9. The Balaban J connectivity index is 1.51. The van der Waals surface area contributed by atoms with Crippen LogP contribution in [0, 0.1) is 17.7 Å². The quantitative estimate of drug-likeness (QED) is 0.804. The van der Waals surface area contributed by atoms with Gasteiger partial charge < -0.3 is 19.5 Å². The number of benzene rings is 1. The second-order valence-electron chi connectivity index (χ2n) is 7.62. The summed E-state index contributed by atoms with van der Waals surface area (Å²) < 4.78 is 20.6. The monoisotopic (exact) mass is 388 g/mol. The second kappa shape index (κ2) is 7.89. The molecule has 3 atom stereocenters. The molecule has 0 saturated carbocycles. The van der Waals surface area contributed by atoms with Gasteiger partial charge in [0.1, 0.15) is 12.4 Å². The SMILES string of the molecule is COCC(=O)N1C[C@H]2CN(CCn3cc[nH]c3=O)C[C@H]2[C@@H]1c1cccc(F)c1. The highest BCUT2D eigenvalue weighted by Crippen LogP contribution is 2.45. The zero-order valence-electron chi connectivity index (χ0n) is 15.9. The molecule has 2 fully saturated rings. The van der Waals surface area contributed by atoms with Crippen LogP contribution in [0.5, 0.6) is 0 Å². The van der Waals surface area contributed by atoms with Crippen molar-refractivity contribution in [1.29, 1.82) is 0 Å². The highest BCUT2D eigenvalue weighted by molar-refractivity contribution is 5.78. The lowest BCUT2D eigenvalue weighted by Gasteiger charge is -2.30. The number of fused-ring (bicyclic) bond motifs is 1. The molecule has 0 radical (unpaired) electrons. The average molecular weight is 388 g/mol. The van der Waals surface area contributed by atoms with Crippen LogP contribution in [0.4, 0.5) is 4.39 Å². The van der Waals surface area contributed by atoms with Crippen LogP contribution in [0.15, 0.2) is 41.5 Å². The van der Waals surface area contributed by atoms with Crippen molar-refractivity contribution in [3.05, 3.63) is 58.5 Å². The van der Waals surface area contributed by atoms with E-state index in [4.69, 9.17) is 4.74 Å². The topological polar surface area (TPSA) is 70.6 Å². The summed E-state index contributed by atoms with van der Waals surface area (Å²) in [4.78, 5) is 31.1. The van der Waals surface area contributed by atoms with Gasteiger partial charge in [-0.05, 0) is 23.6 Å². The molecule has 1 aromatic heterocycles. The van der Waals surface area contributed by atoms with E-state index in [-0.39, 0.29) is 36.0 Å². The zero-order chi connectivity index (χ0) is 19.7. The van der Waals surface area contributed by atoms with E-state index >= 15 is 0 Å². The molecule has 3 heterocycles. The van der Waals surface area contributed by atoms with Crippen molar-refractivity contribution >= 4 is 5.91 Å². The van der Waals surface area contributed by atoms with Crippen molar-refractivity contribution in [2.24, 2.45) is 11.8 Å². The van der Waals surface area contributed by atoms with E-state index < -0.39 is 0 Å². The largest absolute Gasteiger partial charge is 0.375 e. The molecule has 8 heteroatoms. The number of H-pyrrole nitrogens is 1. The number of methoxy groups -OCH3 is 1. The normalized spacial score (nSPS) is 24.6. The Hall–Kier alpha value is -2.45. The van der Waals surface area contributed by atoms with Gasteiger partial charge in [0.2, 0.25) is 5.91 Å². The summed E-state index contributed by atoms with van der Waals surface area (Å²) in [5.41, 5.74) is 0.731. The number of imidazole rings is 1. The molecule has 0 unspecified atom stereocenters. The molecule has 0 aliphatic carbocycles. The highest BCUT2D eigenvalue weighted by atomic mass is 19.1. The molecule has 1 aromatic carbocycles. The minimum absolute atomic E-state index is 0.0331. The first kappa shape index (κ1) is 18.9. The minimum atomic E-state index is -0.290. The van der Waals surface area contributed by atoms with Gasteiger partial charge in [-0.2, -0.15) is 0 Å². The number of carbonyl (C=O) groups is 1. The molecule has 2 saturated heterocycles. The first-order valence-electron chi connectivity index (χ1n) is 9.57. The van der Waals surface area contributed by atoms with Gasteiger partial charge in [0.15, 0.2) is 0 Å². The summed E-state index contributed by atoms with van der Waals surface area (Å²) in [6, 6.07) is 6.39. The third kappa shape index (κ3) is 3.62. The highest BCUT2D eigenvalue weighted by Gasteiger charge is 2.48. The molecule has 2 aromatic rings. The maximum Gasteiger partial charge on any atom is 0.325 e. The Labute approximate surface area is 162 Å². The standard InChI is InChI=1S/C20H25FN4O3/c1-28-13-18(26)25-11-15-10-23(7-8-24-6-5-22-20(24)27)12-17(15)19(25)14-3-2-4-16(21)9-14/h2-6,9,15,17,19H,7-8,10-13H2,1H3,(H,22,27)/t15-,17-,19+/m1/s1. The van der Waals surface area contributed by atoms with Crippen molar-refractivity contribution in [2.45, 2.75) is 12.6 Å². The summed E-state index contributed by atoms with van der Waals surface area (Å²) in [6.45, 7) is 3.76. The summed E-state index contributed by atoms with van der Waals surface area (Å²) in [6.07, 6.45) is 3.39. The summed E-state index contributed by atoms with van der Waals surface area (Å²) in [5, 5.41) is 0. The van der Waals surface area contributed by atoms with E-state index in [9.17, 15) is 14.0 Å². The van der Waals surface area contributed by atoms with Crippen molar-refractivity contribution in [3.8, 4) is 0 Å². The lowest BCUT2D eigenvalue weighted by atomic mass is 9.89. The number of hydrogen-bond acceptors (Lipinski definition) is 4. The van der Waals surface area contributed by atoms with E-state index in [0.29, 0.717) is 19.0 Å². The first-order chi connectivity index (χ1) is 13.6. The van der Waals surface area contributed by atoms with E-state index in [0.717, 1.165) is 25.2 Å². The number of aromatic nitrogens is 2. The predicted octanol–water partition coefficient (Wildman–Crippen LogP) is 1.09. The van der Waals surface area contributed by atoms with Gasteiger partial charge in [-0.3, -0.25) is 9.36 Å². The first-order valence-corrected chi connectivity index (χ1v) is 9.57. The predicted molar refractivity (Wildman–Crippen MR) is 101 cm³/mol. The molecular weight excluding hydrogens is 363 g/mol. The number of nitrogens with zero attached hydrogens (tertiary/aromatic N) is 3. The molecule has 2 aliphatic heterocycles. The average Bonchev–Trinajstić information content (AvgIpc) is 3.34. The van der Waals surface area contributed by atoms with Gasteiger partial charge in [-0.15, -0.1) is 0 Å². The van der Waals surface area contributed by atoms with Crippen LogP contribution in [0.3, 0.4) is 0 Å². The Kier molecular flexibility index (Phi) is 5.32. The molecule has 7 nitrogen and oxygen atoms in total. The van der Waals surface area contributed by atoms with Crippen LogP contribution in [0.1, 0.15) is 11.6 Å². The Morgan fingerprint density at radius 1 is 1.29 bits per heavy atom.